The third kappa shape index (κ3) is 7.26. The molecular formula is C18H23ClN4O5S2. The molecule has 1 aromatic carbocycles. The molecule has 2 rings (SSSR count). The molecule has 0 saturated heterocycles. The third-order valence-corrected chi connectivity index (χ3v) is 7.33. The maximum absolute atomic E-state index is 12.4. The van der Waals surface area contributed by atoms with E-state index in [9.17, 15) is 18.0 Å². The van der Waals surface area contributed by atoms with Gasteiger partial charge in [0.05, 0.1) is 10.4 Å². The SMILES string of the molecule is C[C@@H](NC(=O)NCCC[C@@H](NS(=O)(=O)c1ccc(Cl)s1)C(=O)NO)c1ccccc1. The molecular weight excluding hydrogens is 452 g/mol. The molecule has 0 saturated carbocycles. The predicted molar refractivity (Wildman–Crippen MR) is 114 cm³/mol. The molecule has 3 amide bonds. The topological polar surface area (TPSA) is 137 Å². The van der Waals surface area contributed by atoms with Crippen LogP contribution in [0, 0.1) is 0 Å². The zero-order valence-electron chi connectivity index (χ0n) is 16.1. The van der Waals surface area contributed by atoms with Crippen molar-refractivity contribution >= 4 is 44.9 Å². The summed E-state index contributed by atoms with van der Waals surface area (Å²) in [4.78, 5) is 23.9. The minimum Gasteiger partial charge on any atom is -0.338 e. The summed E-state index contributed by atoms with van der Waals surface area (Å²) in [5.74, 6) is -0.900. The molecule has 1 heterocycles. The van der Waals surface area contributed by atoms with Gasteiger partial charge in [-0.3, -0.25) is 10.0 Å². The molecule has 12 heteroatoms. The lowest BCUT2D eigenvalue weighted by Crippen LogP contribution is -2.46. The summed E-state index contributed by atoms with van der Waals surface area (Å²) in [6.45, 7) is 2.05. The van der Waals surface area contributed by atoms with Crippen molar-refractivity contribution in [3.63, 3.8) is 0 Å². The van der Waals surface area contributed by atoms with Crippen molar-refractivity contribution < 1.29 is 23.2 Å². The number of sulfonamides is 1. The molecule has 2 atom stereocenters. The first kappa shape index (κ1) is 24.1. The molecule has 1 aromatic heterocycles. The van der Waals surface area contributed by atoms with Gasteiger partial charge in [0.1, 0.15) is 10.3 Å². The van der Waals surface area contributed by atoms with E-state index in [-0.39, 0.29) is 29.2 Å². The van der Waals surface area contributed by atoms with Gasteiger partial charge in [0.15, 0.2) is 0 Å². The van der Waals surface area contributed by atoms with Crippen LogP contribution >= 0.6 is 22.9 Å². The first-order chi connectivity index (χ1) is 14.2. The Morgan fingerprint density at radius 1 is 1.17 bits per heavy atom. The molecule has 0 spiro atoms. The molecule has 0 radical (unpaired) electrons. The Labute approximate surface area is 183 Å². The highest BCUT2D eigenvalue weighted by Crippen LogP contribution is 2.25. The third-order valence-electron chi connectivity index (χ3n) is 4.14. The summed E-state index contributed by atoms with van der Waals surface area (Å²) in [6.07, 6.45) is 0.345. The summed E-state index contributed by atoms with van der Waals surface area (Å²) in [6, 6.07) is 10.4. The number of hydrogen-bond acceptors (Lipinski definition) is 6. The van der Waals surface area contributed by atoms with E-state index < -0.39 is 22.0 Å². The largest absolute Gasteiger partial charge is 0.338 e. The minimum atomic E-state index is -3.98. The molecule has 0 bridgehead atoms. The van der Waals surface area contributed by atoms with Crippen molar-refractivity contribution in [1.82, 2.24) is 20.8 Å². The first-order valence-corrected chi connectivity index (χ1v) is 11.7. The average molecular weight is 475 g/mol. The number of carbonyl (C=O) groups is 2. The van der Waals surface area contributed by atoms with E-state index in [0.29, 0.717) is 10.8 Å². The zero-order valence-corrected chi connectivity index (χ0v) is 18.5. The second kappa shape index (κ2) is 11.3. The van der Waals surface area contributed by atoms with Gasteiger partial charge in [0, 0.05) is 6.54 Å². The molecule has 5 N–H and O–H groups in total. The minimum absolute atomic E-state index is 0.0457. The van der Waals surface area contributed by atoms with Gasteiger partial charge in [-0.2, -0.15) is 4.72 Å². The highest BCUT2D eigenvalue weighted by Gasteiger charge is 2.26. The number of urea groups is 1. The number of nitrogens with one attached hydrogen (secondary N) is 4. The van der Waals surface area contributed by atoms with Crippen LogP contribution in [0.4, 0.5) is 4.79 Å². The van der Waals surface area contributed by atoms with E-state index in [1.54, 1.807) is 0 Å². The molecule has 9 nitrogen and oxygen atoms in total. The number of rotatable bonds is 10. The standard InChI is InChI=1S/C18H23ClN4O5S2/c1-12(13-6-3-2-4-7-13)21-18(25)20-11-5-8-14(17(24)22-26)23-30(27,28)16-10-9-15(19)29-16/h2-4,6-7,9-10,12,14,23,26H,5,8,11H2,1H3,(H,22,24)(H2,20,21,25)/t12-,14-/m1/s1. The maximum atomic E-state index is 12.4. The smallest absolute Gasteiger partial charge is 0.315 e. The Bertz CT molecular complexity index is 952. The molecule has 0 aliphatic rings. The Morgan fingerprint density at radius 3 is 2.47 bits per heavy atom. The van der Waals surface area contributed by atoms with E-state index in [2.05, 4.69) is 15.4 Å². The quantitative estimate of drug-likeness (QED) is 0.204. The van der Waals surface area contributed by atoms with Crippen molar-refractivity contribution in [2.45, 2.75) is 36.1 Å². The molecule has 2 aromatic rings. The molecule has 0 aliphatic heterocycles. The predicted octanol–water partition coefficient (Wildman–Crippen LogP) is 2.39. The lowest BCUT2D eigenvalue weighted by molar-refractivity contribution is -0.131. The van der Waals surface area contributed by atoms with Crippen LogP contribution < -0.4 is 20.8 Å². The maximum Gasteiger partial charge on any atom is 0.315 e. The van der Waals surface area contributed by atoms with Crippen molar-refractivity contribution in [2.24, 2.45) is 0 Å². The number of halogens is 1. The monoisotopic (exact) mass is 474 g/mol. The molecule has 0 aliphatic carbocycles. The fourth-order valence-corrected chi connectivity index (χ4v) is 5.32. The lowest BCUT2D eigenvalue weighted by atomic mass is 10.1. The molecule has 0 unspecified atom stereocenters. The van der Waals surface area contributed by atoms with Crippen molar-refractivity contribution in [1.29, 1.82) is 0 Å². The van der Waals surface area contributed by atoms with Crippen LogP contribution in [0.15, 0.2) is 46.7 Å². The summed E-state index contributed by atoms with van der Waals surface area (Å²) < 4.78 is 27.2. The van der Waals surface area contributed by atoms with Gasteiger partial charge in [-0.1, -0.05) is 41.9 Å². The van der Waals surface area contributed by atoms with Crippen molar-refractivity contribution in [3.05, 3.63) is 52.4 Å². The van der Waals surface area contributed by atoms with Crippen LogP contribution in [0.1, 0.15) is 31.4 Å². The summed E-state index contributed by atoms with van der Waals surface area (Å²) in [7, 11) is -3.98. The van der Waals surface area contributed by atoms with Crippen LogP contribution in [-0.2, 0) is 14.8 Å². The number of carbonyl (C=O) groups excluding carboxylic acids is 2. The van der Waals surface area contributed by atoms with Crippen molar-refractivity contribution in [3.8, 4) is 0 Å². The first-order valence-electron chi connectivity index (χ1n) is 9.04. The number of benzene rings is 1. The zero-order chi connectivity index (χ0) is 22.1. The van der Waals surface area contributed by atoms with E-state index >= 15 is 0 Å². The van der Waals surface area contributed by atoms with E-state index in [4.69, 9.17) is 16.8 Å². The second-order valence-electron chi connectivity index (χ2n) is 6.38. The summed E-state index contributed by atoms with van der Waals surface area (Å²) in [5.41, 5.74) is 2.40. The van der Waals surface area contributed by atoms with Gasteiger partial charge in [-0.25, -0.2) is 18.7 Å². The van der Waals surface area contributed by atoms with Gasteiger partial charge >= 0.3 is 6.03 Å². The van der Waals surface area contributed by atoms with Gasteiger partial charge < -0.3 is 10.6 Å². The number of hydroxylamine groups is 1. The van der Waals surface area contributed by atoms with E-state index in [0.717, 1.165) is 16.9 Å². The average Bonchev–Trinajstić information content (AvgIpc) is 3.17. The van der Waals surface area contributed by atoms with Crippen molar-refractivity contribution in [2.75, 3.05) is 6.54 Å². The fraction of sp³-hybridized carbons (Fsp3) is 0.333. The molecule has 30 heavy (non-hydrogen) atoms. The molecule has 0 fully saturated rings. The lowest BCUT2D eigenvalue weighted by Gasteiger charge is -2.17. The Morgan fingerprint density at radius 2 is 1.87 bits per heavy atom. The fourth-order valence-electron chi connectivity index (χ4n) is 2.59. The van der Waals surface area contributed by atoms with Gasteiger partial charge in [-0.15, -0.1) is 11.3 Å². The van der Waals surface area contributed by atoms with Gasteiger partial charge in [0.2, 0.25) is 0 Å². The van der Waals surface area contributed by atoms with Gasteiger partial charge in [-0.05, 0) is 37.5 Å². The summed E-state index contributed by atoms with van der Waals surface area (Å²) in [5, 5.41) is 14.3. The van der Waals surface area contributed by atoms with E-state index in [1.165, 1.54) is 17.6 Å². The van der Waals surface area contributed by atoms with Crippen LogP contribution in [0.5, 0.6) is 0 Å². The Hall–Kier alpha value is -2.18. The van der Waals surface area contributed by atoms with Crippen LogP contribution in [-0.4, -0.2) is 38.1 Å². The Balaban J connectivity index is 1.83. The van der Waals surface area contributed by atoms with Gasteiger partial charge in [0.25, 0.3) is 15.9 Å². The molecule has 164 valence electrons. The highest BCUT2D eigenvalue weighted by atomic mass is 35.5. The normalized spacial score (nSPS) is 13.3. The number of thiophene rings is 1. The highest BCUT2D eigenvalue weighted by molar-refractivity contribution is 7.91. The number of amides is 3. The van der Waals surface area contributed by atoms with E-state index in [1.807, 2.05) is 37.3 Å². The van der Waals surface area contributed by atoms with Crippen LogP contribution in [0.3, 0.4) is 0 Å². The number of hydrogen-bond donors (Lipinski definition) is 5. The Kier molecular flexibility index (Phi) is 9.06. The summed E-state index contributed by atoms with van der Waals surface area (Å²) >= 11 is 6.61. The van der Waals surface area contributed by atoms with Crippen LogP contribution in [0.2, 0.25) is 4.34 Å². The second-order valence-corrected chi connectivity index (χ2v) is 10.0. The van der Waals surface area contributed by atoms with Crippen LogP contribution in [0.25, 0.3) is 0 Å².